The van der Waals surface area contributed by atoms with Crippen LogP contribution in [0.1, 0.15) is 49.5 Å². The third-order valence-electron chi connectivity index (χ3n) is 2.74. The first kappa shape index (κ1) is 14.2. The lowest BCUT2D eigenvalue weighted by Crippen LogP contribution is -2.26. The maximum absolute atomic E-state index is 11.9. The summed E-state index contributed by atoms with van der Waals surface area (Å²) in [4.78, 5) is 20.1. The van der Waals surface area contributed by atoms with E-state index in [1.165, 1.54) is 6.33 Å². The number of nitrogens with zero attached hydrogens (tertiary/aromatic N) is 4. The van der Waals surface area contributed by atoms with Gasteiger partial charge in [0.2, 0.25) is 5.82 Å². The van der Waals surface area contributed by atoms with E-state index < -0.39 is 0 Å². The summed E-state index contributed by atoms with van der Waals surface area (Å²) in [5.41, 5.74) is -0.155. The number of hydrogen-bond acceptors (Lipinski definition) is 5. The van der Waals surface area contributed by atoms with Crippen LogP contribution in [-0.4, -0.2) is 42.8 Å². The average molecular weight is 277 g/mol. The van der Waals surface area contributed by atoms with Crippen LogP contribution in [0, 0.1) is 0 Å². The van der Waals surface area contributed by atoms with Gasteiger partial charge in [0.15, 0.2) is 0 Å². The van der Waals surface area contributed by atoms with Crippen molar-refractivity contribution in [3.05, 3.63) is 23.8 Å². The van der Waals surface area contributed by atoms with Crippen LogP contribution in [0.4, 0.5) is 0 Å². The molecular weight excluding hydrogens is 258 g/mol. The van der Waals surface area contributed by atoms with E-state index in [9.17, 15) is 4.79 Å². The number of aromatic amines is 2. The number of aryl methyl sites for hydroxylation is 1. The minimum absolute atomic E-state index is 0.155. The molecule has 8 heteroatoms. The zero-order valence-electron chi connectivity index (χ0n) is 11.9. The molecule has 0 saturated heterocycles. The molecule has 0 fully saturated rings. The Kier molecular flexibility index (Phi) is 4.11. The zero-order chi connectivity index (χ0) is 14.6. The van der Waals surface area contributed by atoms with Crippen LogP contribution >= 0.6 is 0 Å². The Morgan fingerprint density at radius 3 is 2.75 bits per heavy atom. The number of carbonyl (C=O) groups excluding carboxylic acids is 1. The fourth-order valence-electron chi connectivity index (χ4n) is 1.59. The van der Waals surface area contributed by atoms with Gasteiger partial charge in [-0.2, -0.15) is 5.10 Å². The van der Waals surface area contributed by atoms with Gasteiger partial charge in [0.05, 0.1) is 0 Å². The van der Waals surface area contributed by atoms with Gasteiger partial charge in [0.25, 0.3) is 5.91 Å². The smallest absolute Gasteiger partial charge is 0.290 e. The fourth-order valence-corrected chi connectivity index (χ4v) is 1.59. The maximum Gasteiger partial charge on any atom is 0.290 e. The molecule has 0 aromatic carbocycles. The second-order valence-corrected chi connectivity index (χ2v) is 5.55. The minimum Gasteiger partial charge on any atom is -0.349 e. The lowest BCUT2D eigenvalue weighted by Gasteiger charge is -2.12. The van der Waals surface area contributed by atoms with Gasteiger partial charge in [-0.25, -0.2) is 9.97 Å². The Morgan fingerprint density at radius 2 is 2.15 bits per heavy atom. The van der Waals surface area contributed by atoms with Crippen molar-refractivity contribution in [2.45, 2.75) is 39.0 Å². The van der Waals surface area contributed by atoms with Crippen molar-refractivity contribution in [3.8, 4) is 0 Å². The molecule has 2 aromatic rings. The largest absolute Gasteiger partial charge is 0.349 e. The highest BCUT2D eigenvalue weighted by Gasteiger charge is 2.20. The lowest BCUT2D eigenvalue weighted by molar-refractivity contribution is 0.0943. The SMILES string of the molecule is CC(C)(C)c1nc(C(=O)NCCCc2ncn[nH]2)n[nH]1. The number of amides is 1. The van der Waals surface area contributed by atoms with E-state index in [1.54, 1.807) is 0 Å². The molecule has 0 spiro atoms. The van der Waals surface area contributed by atoms with Gasteiger partial charge in [-0.05, 0) is 6.42 Å². The molecule has 0 aliphatic carbocycles. The molecule has 0 saturated carbocycles. The molecule has 2 heterocycles. The number of carbonyl (C=O) groups is 1. The van der Waals surface area contributed by atoms with E-state index in [2.05, 4.69) is 35.7 Å². The molecule has 0 bridgehead atoms. The van der Waals surface area contributed by atoms with Gasteiger partial charge < -0.3 is 5.32 Å². The van der Waals surface area contributed by atoms with Gasteiger partial charge in [-0.3, -0.25) is 15.0 Å². The zero-order valence-corrected chi connectivity index (χ0v) is 11.9. The molecule has 0 radical (unpaired) electrons. The minimum atomic E-state index is -0.269. The van der Waals surface area contributed by atoms with E-state index in [4.69, 9.17) is 0 Å². The third-order valence-corrected chi connectivity index (χ3v) is 2.74. The van der Waals surface area contributed by atoms with Crippen molar-refractivity contribution >= 4 is 5.91 Å². The lowest BCUT2D eigenvalue weighted by atomic mass is 9.96. The first-order chi connectivity index (χ1) is 9.47. The van der Waals surface area contributed by atoms with Crippen molar-refractivity contribution in [3.63, 3.8) is 0 Å². The fraction of sp³-hybridized carbons (Fsp3) is 0.583. The molecule has 8 nitrogen and oxygen atoms in total. The highest BCUT2D eigenvalue weighted by atomic mass is 16.2. The second kappa shape index (κ2) is 5.81. The van der Waals surface area contributed by atoms with Crippen LogP contribution < -0.4 is 5.32 Å². The second-order valence-electron chi connectivity index (χ2n) is 5.55. The van der Waals surface area contributed by atoms with Crippen LogP contribution in [0.3, 0.4) is 0 Å². The van der Waals surface area contributed by atoms with Gasteiger partial charge >= 0.3 is 0 Å². The van der Waals surface area contributed by atoms with Crippen LogP contribution in [0.25, 0.3) is 0 Å². The summed E-state index contributed by atoms with van der Waals surface area (Å²) in [6.07, 6.45) is 2.98. The molecule has 2 rings (SSSR count). The standard InChI is InChI=1S/C12H19N7O/c1-12(2,3)11-16-9(18-19-11)10(20)13-6-4-5-8-14-7-15-17-8/h7H,4-6H2,1-3H3,(H,13,20)(H,14,15,17)(H,16,18,19). The Labute approximate surface area is 116 Å². The highest BCUT2D eigenvalue weighted by molar-refractivity contribution is 5.90. The summed E-state index contributed by atoms with van der Waals surface area (Å²) < 4.78 is 0. The van der Waals surface area contributed by atoms with E-state index in [0.717, 1.165) is 18.7 Å². The average Bonchev–Trinajstić information content (AvgIpc) is 3.04. The number of aromatic nitrogens is 6. The Hall–Kier alpha value is -2.25. The van der Waals surface area contributed by atoms with Crippen molar-refractivity contribution in [2.75, 3.05) is 6.54 Å². The molecule has 0 atom stereocenters. The summed E-state index contributed by atoms with van der Waals surface area (Å²) >= 11 is 0. The van der Waals surface area contributed by atoms with Crippen LogP contribution in [-0.2, 0) is 11.8 Å². The molecule has 1 amide bonds. The van der Waals surface area contributed by atoms with E-state index in [0.29, 0.717) is 12.4 Å². The van der Waals surface area contributed by atoms with E-state index >= 15 is 0 Å². The van der Waals surface area contributed by atoms with Crippen molar-refractivity contribution < 1.29 is 4.79 Å². The number of H-pyrrole nitrogens is 2. The van der Waals surface area contributed by atoms with E-state index in [-0.39, 0.29) is 17.1 Å². The highest BCUT2D eigenvalue weighted by Crippen LogP contribution is 2.17. The molecule has 2 aromatic heterocycles. The molecule has 0 aliphatic rings. The monoisotopic (exact) mass is 277 g/mol. The molecule has 108 valence electrons. The molecular formula is C12H19N7O. The topological polar surface area (TPSA) is 112 Å². The quantitative estimate of drug-likeness (QED) is 0.692. The maximum atomic E-state index is 11.9. The van der Waals surface area contributed by atoms with Gasteiger partial charge in [0, 0.05) is 18.4 Å². The van der Waals surface area contributed by atoms with Gasteiger partial charge in [-0.15, -0.1) is 5.10 Å². The van der Waals surface area contributed by atoms with Crippen molar-refractivity contribution in [1.29, 1.82) is 0 Å². The van der Waals surface area contributed by atoms with Crippen LogP contribution in [0.5, 0.6) is 0 Å². The summed E-state index contributed by atoms with van der Waals surface area (Å²) in [6.45, 7) is 6.56. The van der Waals surface area contributed by atoms with Gasteiger partial charge in [-0.1, -0.05) is 20.8 Å². The Morgan fingerprint density at radius 1 is 1.35 bits per heavy atom. The summed E-state index contributed by atoms with van der Waals surface area (Å²) in [5, 5.41) is 16.0. The number of nitrogens with one attached hydrogen (secondary N) is 3. The van der Waals surface area contributed by atoms with Crippen molar-refractivity contribution in [2.24, 2.45) is 0 Å². The van der Waals surface area contributed by atoms with Crippen LogP contribution in [0.2, 0.25) is 0 Å². The number of hydrogen-bond donors (Lipinski definition) is 3. The normalized spacial score (nSPS) is 11.6. The first-order valence-electron chi connectivity index (χ1n) is 6.52. The Bertz CT molecular complexity index is 553. The molecule has 3 N–H and O–H groups in total. The molecule has 0 aliphatic heterocycles. The third kappa shape index (κ3) is 3.62. The molecule has 20 heavy (non-hydrogen) atoms. The van der Waals surface area contributed by atoms with Crippen molar-refractivity contribution in [1.82, 2.24) is 35.7 Å². The predicted molar refractivity (Wildman–Crippen MR) is 72.1 cm³/mol. The summed E-state index contributed by atoms with van der Waals surface area (Å²) in [5.74, 6) is 1.42. The van der Waals surface area contributed by atoms with E-state index in [1.807, 2.05) is 20.8 Å². The first-order valence-corrected chi connectivity index (χ1v) is 6.52. The summed E-state index contributed by atoms with van der Waals surface area (Å²) in [7, 11) is 0. The predicted octanol–water partition coefficient (Wildman–Crippen LogP) is 0.583. The van der Waals surface area contributed by atoms with Crippen LogP contribution in [0.15, 0.2) is 6.33 Å². The Balaban J connectivity index is 1.78. The number of rotatable bonds is 5. The van der Waals surface area contributed by atoms with Gasteiger partial charge in [0.1, 0.15) is 18.0 Å². The summed E-state index contributed by atoms with van der Waals surface area (Å²) in [6, 6.07) is 0. The molecule has 0 unspecified atom stereocenters.